The van der Waals surface area contributed by atoms with Gasteiger partial charge in [0.05, 0.1) is 0 Å². The first-order chi connectivity index (χ1) is 7.43. The van der Waals surface area contributed by atoms with E-state index in [1.54, 1.807) is 0 Å². The SMILES string of the molecule is [CH2-]CCCCCCCOC1CCCCO1.[Cl-].[Mg+2]. The number of ether oxygens (including phenoxy) is 2. The van der Waals surface area contributed by atoms with Gasteiger partial charge in [0.15, 0.2) is 6.29 Å². The molecule has 0 bridgehead atoms. The van der Waals surface area contributed by atoms with Crippen LogP contribution in [0.2, 0.25) is 0 Å². The van der Waals surface area contributed by atoms with E-state index in [2.05, 4.69) is 6.92 Å². The topological polar surface area (TPSA) is 18.5 Å². The van der Waals surface area contributed by atoms with Gasteiger partial charge in [0.2, 0.25) is 0 Å². The van der Waals surface area contributed by atoms with Crippen LogP contribution in [0.1, 0.15) is 57.8 Å². The molecule has 0 aromatic carbocycles. The van der Waals surface area contributed by atoms with Crippen molar-refractivity contribution in [1.29, 1.82) is 0 Å². The van der Waals surface area contributed by atoms with Crippen molar-refractivity contribution >= 4 is 23.1 Å². The molecule has 0 N–H and O–H groups in total. The molecule has 0 spiro atoms. The second kappa shape index (κ2) is 15.0. The summed E-state index contributed by atoms with van der Waals surface area (Å²) in [6.07, 6.45) is 11.1. The maximum Gasteiger partial charge on any atom is 2.00 e. The van der Waals surface area contributed by atoms with Crippen LogP contribution in [0.3, 0.4) is 0 Å². The van der Waals surface area contributed by atoms with Gasteiger partial charge in [-0.05, 0) is 25.7 Å². The Hall–Kier alpha value is 0.976. The molecular formula is C13H25ClMgO2. The number of unbranched alkanes of at least 4 members (excludes halogenated alkanes) is 5. The Morgan fingerprint density at radius 2 is 1.76 bits per heavy atom. The second-order valence-corrected chi connectivity index (χ2v) is 4.29. The monoisotopic (exact) mass is 272 g/mol. The molecule has 0 amide bonds. The van der Waals surface area contributed by atoms with Crippen LogP contribution in [0, 0.1) is 6.92 Å². The predicted octanol–water partition coefficient (Wildman–Crippen LogP) is 0.327. The Morgan fingerprint density at radius 1 is 1.06 bits per heavy atom. The molecule has 0 aliphatic carbocycles. The van der Waals surface area contributed by atoms with Gasteiger partial charge in [0.25, 0.3) is 0 Å². The van der Waals surface area contributed by atoms with Gasteiger partial charge in [0.1, 0.15) is 0 Å². The average Bonchev–Trinajstić information content (AvgIpc) is 2.29. The third kappa shape index (κ3) is 11.8. The van der Waals surface area contributed by atoms with Crippen molar-refractivity contribution in [3.63, 3.8) is 0 Å². The molecule has 1 aliphatic rings. The second-order valence-electron chi connectivity index (χ2n) is 4.29. The summed E-state index contributed by atoms with van der Waals surface area (Å²) in [4.78, 5) is 0. The Morgan fingerprint density at radius 3 is 2.41 bits per heavy atom. The van der Waals surface area contributed by atoms with Gasteiger partial charge < -0.3 is 28.8 Å². The summed E-state index contributed by atoms with van der Waals surface area (Å²) in [5.74, 6) is 0. The minimum Gasteiger partial charge on any atom is -1.00 e. The summed E-state index contributed by atoms with van der Waals surface area (Å²) >= 11 is 0. The molecule has 0 aromatic rings. The fourth-order valence-corrected chi connectivity index (χ4v) is 1.87. The fraction of sp³-hybridized carbons (Fsp3) is 0.923. The number of hydrogen-bond acceptors (Lipinski definition) is 2. The van der Waals surface area contributed by atoms with Crippen molar-refractivity contribution in [1.82, 2.24) is 0 Å². The molecule has 2 nitrogen and oxygen atoms in total. The van der Waals surface area contributed by atoms with E-state index in [-0.39, 0.29) is 41.7 Å². The number of halogens is 1. The summed E-state index contributed by atoms with van der Waals surface area (Å²) in [7, 11) is 0. The average molecular weight is 273 g/mol. The minimum absolute atomic E-state index is 0. The first-order valence-corrected chi connectivity index (χ1v) is 6.46. The molecule has 17 heavy (non-hydrogen) atoms. The quantitative estimate of drug-likeness (QED) is 0.360. The van der Waals surface area contributed by atoms with Crippen molar-refractivity contribution < 1.29 is 21.9 Å². The Labute approximate surface area is 129 Å². The predicted molar refractivity (Wildman–Crippen MR) is 68.4 cm³/mol. The van der Waals surface area contributed by atoms with E-state index in [0.717, 1.165) is 26.1 Å². The zero-order valence-corrected chi connectivity index (χ0v) is 13.1. The van der Waals surface area contributed by atoms with Crippen molar-refractivity contribution in [2.45, 2.75) is 64.1 Å². The smallest absolute Gasteiger partial charge is 1.00 e. The number of rotatable bonds is 8. The van der Waals surface area contributed by atoms with Crippen LogP contribution in [0.5, 0.6) is 0 Å². The van der Waals surface area contributed by atoms with E-state index in [9.17, 15) is 0 Å². The molecule has 0 saturated carbocycles. The fourth-order valence-electron chi connectivity index (χ4n) is 1.87. The molecule has 0 aromatic heterocycles. The van der Waals surface area contributed by atoms with Crippen molar-refractivity contribution in [3.8, 4) is 0 Å². The summed E-state index contributed by atoms with van der Waals surface area (Å²) < 4.78 is 11.1. The van der Waals surface area contributed by atoms with Gasteiger partial charge in [0, 0.05) is 13.2 Å². The van der Waals surface area contributed by atoms with Gasteiger partial charge >= 0.3 is 23.1 Å². The van der Waals surface area contributed by atoms with Gasteiger partial charge in [-0.15, -0.1) is 0 Å². The van der Waals surface area contributed by atoms with Crippen LogP contribution in [0.4, 0.5) is 0 Å². The van der Waals surface area contributed by atoms with Gasteiger partial charge in [-0.3, -0.25) is 0 Å². The largest absolute Gasteiger partial charge is 2.00 e. The Bertz CT molecular complexity index is 141. The van der Waals surface area contributed by atoms with Crippen LogP contribution in [0.25, 0.3) is 0 Å². The molecule has 0 radical (unpaired) electrons. The first-order valence-electron chi connectivity index (χ1n) is 6.46. The van der Waals surface area contributed by atoms with Crippen LogP contribution in [-0.4, -0.2) is 42.6 Å². The van der Waals surface area contributed by atoms with Gasteiger partial charge in [-0.25, -0.2) is 0 Å². The molecule has 98 valence electrons. The Balaban J connectivity index is 0. The standard InChI is InChI=1S/C13H25O2.ClH.Mg/c1-2-3-4-5-6-8-11-14-13-10-7-9-12-15-13;;/h13H,1-12H2;1H;/q-1;;+2/p-1. The van der Waals surface area contributed by atoms with Crippen LogP contribution < -0.4 is 12.4 Å². The molecular weight excluding hydrogens is 248 g/mol. The van der Waals surface area contributed by atoms with Gasteiger partial charge in [-0.2, -0.15) is 6.42 Å². The first kappa shape index (κ1) is 20.3. The van der Waals surface area contributed by atoms with Crippen molar-refractivity contribution in [2.24, 2.45) is 0 Å². The molecule has 1 atom stereocenters. The summed E-state index contributed by atoms with van der Waals surface area (Å²) in [5, 5.41) is 0. The van der Waals surface area contributed by atoms with E-state index < -0.39 is 0 Å². The summed E-state index contributed by atoms with van der Waals surface area (Å²) in [5.41, 5.74) is 0. The van der Waals surface area contributed by atoms with Crippen LogP contribution >= 0.6 is 0 Å². The molecule has 1 aliphatic heterocycles. The summed E-state index contributed by atoms with van der Waals surface area (Å²) in [6.45, 7) is 5.59. The third-order valence-corrected chi connectivity index (χ3v) is 2.84. The normalized spacial score (nSPS) is 19.2. The van der Waals surface area contributed by atoms with Crippen molar-refractivity contribution in [3.05, 3.63) is 6.92 Å². The van der Waals surface area contributed by atoms with E-state index in [0.29, 0.717) is 0 Å². The molecule has 1 fully saturated rings. The van der Waals surface area contributed by atoms with Crippen LogP contribution in [0.15, 0.2) is 0 Å². The summed E-state index contributed by atoms with van der Waals surface area (Å²) in [6, 6.07) is 0. The third-order valence-electron chi connectivity index (χ3n) is 2.84. The number of hydrogen-bond donors (Lipinski definition) is 0. The zero-order chi connectivity index (χ0) is 10.8. The van der Waals surface area contributed by atoms with E-state index in [1.807, 2.05) is 0 Å². The maximum atomic E-state index is 5.65. The maximum absolute atomic E-state index is 5.65. The van der Waals surface area contributed by atoms with Gasteiger partial charge in [-0.1, -0.05) is 25.7 Å². The Kier molecular flexibility index (Phi) is 18.0. The molecule has 4 heteroatoms. The van der Waals surface area contributed by atoms with Crippen LogP contribution in [-0.2, 0) is 9.47 Å². The zero-order valence-electron chi connectivity index (χ0n) is 11.0. The molecule has 1 saturated heterocycles. The van der Waals surface area contributed by atoms with E-state index in [4.69, 9.17) is 9.47 Å². The minimum atomic E-state index is 0. The van der Waals surface area contributed by atoms with E-state index >= 15 is 0 Å². The molecule has 1 unspecified atom stereocenters. The molecule has 1 heterocycles. The van der Waals surface area contributed by atoms with E-state index in [1.165, 1.54) is 44.9 Å². The molecule has 1 rings (SSSR count). The van der Waals surface area contributed by atoms with Crippen molar-refractivity contribution in [2.75, 3.05) is 13.2 Å².